The lowest BCUT2D eigenvalue weighted by molar-refractivity contribution is -0.105. The number of hydrogen-bond acceptors (Lipinski definition) is 0. The van der Waals surface area contributed by atoms with E-state index in [-0.39, 0.29) is 0 Å². The second-order valence-electron chi connectivity index (χ2n) is 4.94. The van der Waals surface area contributed by atoms with Gasteiger partial charge in [0.1, 0.15) is 0 Å². The molecular formula is C18H14F3S+. The van der Waals surface area contributed by atoms with Crippen LogP contribution in [0.5, 0.6) is 0 Å². The summed E-state index contributed by atoms with van der Waals surface area (Å²) in [7, 11) is -1.02. The molecule has 0 amide bonds. The Morgan fingerprint density at radius 2 is 1.36 bits per heavy atom. The molecule has 4 heteroatoms. The van der Waals surface area contributed by atoms with Crippen molar-refractivity contribution in [3.63, 3.8) is 0 Å². The van der Waals surface area contributed by atoms with Crippen LogP contribution < -0.4 is 0 Å². The number of alkyl halides is 3. The van der Waals surface area contributed by atoms with Gasteiger partial charge in [0.05, 0.1) is 10.9 Å². The van der Waals surface area contributed by atoms with Gasteiger partial charge in [0.15, 0.2) is 9.79 Å². The molecule has 0 bridgehead atoms. The number of halogens is 3. The van der Waals surface area contributed by atoms with Crippen LogP contribution in [-0.4, -0.2) is 11.9 Å². The third-order valence-electron chi connectivity index (χ3n) is 3.35. The predicted molar refractivity (Wildman–Crippen MR) is 85.2 cm³/mol. The topological polar surface area (TPSA) is 0 Å². The Kier molecular flexibility index (Phi) is 4.12. The van der Waals surface area contributed by atoms with Crippen LogP contribution in [0.25, 0.3) is 10.8 Å². The average molecular weight is 319 g/mol. The van der Waals surface area contributed by atoms with E-state index < -0.39 is 22.8 Å². The minimum Gasteiger partial charge on any atom is -0.166 e. The van der Waals surface area contributed by atoms with Crippen LogP contribution in [0, 0.1) is 0 Å². The highest BCUT2D eigenvalue weighted by Gasteiger charge is 2.42. The van der Waals surface area contributed by atoms with Crippen LogP contribution in [0.2, 0.25) is 0 Å². The van der Waals surface area contributed by atoms with Crippen molar-refractivity contribution in [3.05, 3.63) is 72.8 Å². The second-order valence-corrected chi connectivity index (χ2v) is 6.92. The van der Waals surface area contributed by atoms with Crippen LogP contribution in [0.4, 0.5) is 13.2 Å². The van der Waals surface area contributed by atoms with Gasteiger partial charge >= 0.3 is 6.18 Å². The molecular weight excluding hydrogens is 305 g/mol. The SMILES string of the molecule is FC(F)(F)C[S+](c1ccccc1)c1cccc2ccccc12. The van der Waals surface area contributed by atoms with E-state index in [1.807, 2.05) is 48.5 Å². The Balaban J connectivity index is 2.16. The monoisotopic (exact) mass is 319 g/mol. The Morgan fingerprint density at radius 3 is 2.09 bits per heavy atom. The largest absolute Gasteiger partial charge is 0.434 e. The van der Waals surface area contributed by atoms with Crippen molar-refractivity contribution in [2.75, 3.05) is 5.75 Å². The molecule has 3 aromatic rings. The smallest absolute Gasteiger partial charge is 0.166 e. The molecule has 0 saturated heterocycles. The van der Waals surface area contributed by atoms with Crippen molar-refractivity contribution in [3.8, 4) is 0 Å². The zero-order valence-corrected chi connectivity index (χ0v) is 12.5. The third-order valence-corrected chi connectivity index (χ3v) is 5.69. The molecule has 1 unspecified atom stereocenters. The lowest BCUT2D eigenvalue weighted by Gasteiger charge is -2.12. The predicted octanol–water partition coefficient (Wildman–Crippen LogP) is 5.44. The summed E-state index contributed by atoms with van der Waals surface area (Å²) >= 11 is 0. The number of rotatable bonds is 3. The zero-order valence-electron chi connectivity index (χ0n) is 11.7. The van der Waals surface area contributed by atoms with Gasteiger partial charge in [0.25, 0.3) is 0 Å². The molecule has 3 aromatic carbocycles. The van der Waals surface area contributed by atoms with E-state index in [0.717, 1.165) is 20.6 Å². The molecule has 0 aromatic heterocycles. The Bertz CT molecular complexity index is 761. The summed E-state index contributed by atoms with van der Waals surface area (Å²) in [6.07, 6.45) is -4.20. The van der Waals surface area contributed by atoms with Gasteiger partial charge in [-0.15, -0.1) is 0 Å². The van der Waals surface area contributed by atoms with Crippen molar-refractivity contribution in [1.29, 1.82) is 0 Å². The molecule has 0 aliphatic heterocycles. The van der Waals surface area contributed by atoms with Crippen LogP contribution in [0.3, 0.4) is 0 Å². The van der Waals surface area contributed by atoms with E-state index in [1.54, 1.807) is 24.3 Å². The van der Waals surface area contributed by atoms with E-state index in [9.17, 15) is 13.2 Å². The molecule has 0 saturated carbocycles. The first-order chi connectivity index (χ1) is 10.5. The first-order valence-electron chi connectivity index (χ1n) is 6.85. The molecule has 3 rings (SSSR count). The molecule has 0 aliphatic rings. The zero-order chi connectivity index (χ0) is 15.6. The van der Waals surface area contributed by atoms with E-state index in [4.69, 9.17) is 0 Å². The minimum absolute atomic E-state index is 0.719. The van der Waals surface area contributed by atoms with Gasteiger partial charge in [-0.1, -0.05) is 48.5 Å². The molecule has 22 heavy (non-hydrogen) atoms. The van der Waals surface area contributed by atoms with Gasteiger partial charge in [0.2, 0.25) is 5.75 Å². The fourth-order valence-corrected chi connectivity index (χ4v) is 4.53. The lowest BCUT2D eigenvalue weighted by Crippen LogP contribution is -2.23. The molecule has 0 radical (unpaired) electrons. The van der Waals surface area contributed by atoms with Gasteiger partial charge in [-0.05, 0) is 29.7 Å². The summed E-state index contributed by atoms with van der Waals surface area (Å²) in [4.78, 5) is 1.47. The van der Waals surface area contributed by atoms with E-state index in [2.05, 4.69) is 0 Å². The first kappa shape index (κ1) is 15.0. The quantitative estimate of drug-likeness (QED) is 0.564. The van der Waals surface area contributed by atoms with Gasteiger partial charge in [0, 0.05) is 5.39 Å². The number of benzene rings is 3. The van der Waals surface area contributed by atoms with Gasteiger partial charge in [-0.3, -0.25) is 0 Å². The van der Waals surface area contributed by atoms with Crippen LogP contribution >= 0.6 is 0 Å². The maximum absolute atomic E-state index is 13.1. The Labute approximate surface area is 129 Å². The highest BCUT2D eigenvalue weighted by molar-refractivity contribution is 7.97. The van der Waals surface area contributed by atoms with Crippen LogP contribution in [0.15, 0.2) is 82.6 Å². The van der Waals surface area contributed by atoms with E-state index in [0.29, 0.717) is 0 Å². The molecule has 0 heterocycles. The molecule has 0 fully saturated rings. The molecule has 0 spiro atoms. The number of fused-ring (bicyclic) bond motifs is 1. The fraction of sp³-hybridized carbons (Fsp3) is 0.111. The standard InChI is InChI=1S/C18H14F3S/c19-18(20,21)13-22(15-9-2-1-3-10-15)17-12-6-8-14-7-4-5-11-16(14)17/h1-12H,13H2/q+1. The van der Waals surface area contributed by atoms with Gasteiger partial charge < -0.3 is 0 Å². The first-order valence-corrected chi connectivity index (χ1v) is 8.24. The summed E-state index contributed by atoms with van der Waals surface area (Å²) in [6.45, 7) is 0. The van der Waals surface area contributed by atoms with Crippen molar-refractivity contribution in [2.45, 2.75) is 16.0 Å². The maximum atomic E-state index is 13.1. The van der Waals surface area contributed by atoms with Crippen LogP contribution in [0.1, 0.15) is 0 Å². The van der Waals surface area contributed by atoms with Crippen molar-refractivity contribution < 1.29 is 13.2 Å². The van der Waals surface area contributed by atoms with Gasteiger partial charge in [-0.25, -0.2) is 0 Å². The van der Waals surface area contributed by atoms with E-state index >= 15 is 0 Å². The lowest BCUT2D eigenvalue weighted by atomic mass is 10.1. The third kappa shape index (κ3) is 3.28. The fourth-order valence-electron chi connectivity index (χ4n) is 2.45. The Morgan fingerprint density at radius 1 is 0.727 bits per heavy atom. The molecule has 1 atom stereocenters. The van der Waals surface area contributed by atoms with Crippen molar-refractivity contribution in [1.82, 2.24) is 0 Å². The Hall–Kier alpha value is -1.94. The second kappa shape index (κ2) is 6.05. The van der Waals surface area contributed by atoms with E-state index in [1.165, 1.54) is 0 Å². The highest BCUT2D eigenvalue weighted by atomic mass is 32.2. The summed E-state index contributed by atoms with van der Waals surface area (Å²) in [5, 5.41) is 1.86. The summed E-state index contributed by atoms with van der Waals surface area (Å²) in [5.74, 6) is -0.828. The van der Waals surface area contributed by atoms with Crippen molar-refractivity contribution >= 4 is 21.7 Å². The maximum Gasteiger partial charge on any atom is 0.434 e. The molecule has 112 valence electrons. The highest BCUT2D eigenvalue weighted by Crippen LogP contribution is 2.34. The summed E-state index contributed by atoms with van der Waals surface area (Å²) in [5.41, 5.74) is 0. The summed E-state index contributed by atoms with van der Waals surface area (Å²) in [6, 6.07) is 22.1. The van der Waals surface area contributed by atoms with Gasteiger partial charge in [-0.2, -0.15) is 13.2 Å². The van der Waals surface area contributed by atoms with Crippen molar-refractivity contribution in [2.24, 2.45) is 0 Å². The number of hydrogen-bond donors (Lipinski definition) is 0. The van der Waals surface area contributed by atoms with Crippen LogP contribution in [-0.2, 0) is 10.9 Å². The molecule has 0 aliphatic carbocycles. The molecule has 0 nitrogen and oxygen atoms in total. The average Bonchev–Trinajstić information content (AvgIpc) is 2.52. The normalized spacial score (nSPS) is 13.2. The minimum atomic E-state index is -4.20. The molecule has 0 N–H and O–H groups in total. The summed E-state index contributed by atoms with van der Waals surface area (Å²) < 4.78 is 39.3.